The van der Waals surface area contributed by atoms with Crippen molar-refractivity contribution < 1.29 is 24.1 Å². The largest absolute Gasteiger partial charge is 0.457 e. The molecule has 0 radical (unpaired) electrons. The molecule has 2 heterocycles. The summed E-state index contributed by atoms with van der Waals surface area (Å²) in [6.45, 7) is 2.47. The molecule has 1 aliphatic rings. The molecular weight excluding hydrogens is 675 g/mol. The van der Waals surface area contributed by atoms with Crippen LogP contribution in [0.2, 0.25) is 0 Å². The van der Waals surface area contributed by atoms with Crippen molar-refractivity contribution in [2.45, 2.75) is 43.7 Å². The average molecular weight is 714 g/mol. The van der Waals surface area contributed by atoms with Crippen molar-refractivity contribution in [3.05, 3.63) is 156 Å². The summed E-state index contributed by atoms with van der Waals surface area (Å²) in [4.78, 5) is 17.1. The first-order valence-corrected chi connectivity index (χ1v) is 18.1. The van der Waals surface area contributed by atoms with Crippen LogP contribution >= 0.6 is 11.8 Å². The minimum Gasteiger partial charge on any atom is -0.457 e. The number of benzene rings is 5. The summed E-state index contributed by atoms with van der Waals surface area (Å²) >= 11 is 1.56. The first-order valence-electron chi connectivity index (χ1n) is 17.1. The van der Waals surface area contributed by atoms with Crippen LogP contribution in [0.3, 0.4) is 0 Å². The fourth-order valence-corrected chi connectivity index (χ4v) is 7.04. The summed E-state index contributed by atoms with van der Waals surface area (Å²) in [6.07, 6.45) is 0.561. The van der Waals surface area contributed by atoms with E-state index >= 15 is 0 Å². The Labute approximate surface area is 306 Å². The fraction of sp³-hybridized carbons (Fsp3) is 0.195. The van der Waals surface area contributed by atoms with Gasteiger partial charge in [-0.3, -0.25) is 5.10 Å². The summed E-state index contributed by atoms with van der Waals surface area (Å²) in [6, 6.07) is 40.6. The number of hydrogen-bond donors (Lipinski definition) is 4. The van der Waals surface area contributed by atoms with Crippen molar-refractivity contribution in [3.8, 4) is 22.6 Å². The van der Waals surface area contributed by atoms with Gasteiger partial charge in [0.1, 0.15) is 17.8 Å². The van der Waals surface area contributed by atoms with E-state index in [4.69, 9.17) is 14.2 Å². The Morgan fingerprint density at radius 3 is 2.29 bits per heavy atom. The van der Waals surface area contributed by atoms with Gasteiger partial charge in [-0.05, 0) is 64.2 Å². The van der Waals surface area contributed by atoms with E-state index in [1.54, 1.807) is 23.9 Å². The van der Waals surface area contributed by atoms with E-state index in [2.05, 4.69) is 44.9 Å². The number of rotatable bonds is 12. The van der Waals surface area contributed by atoms with Crippen LogP contribution in [0.25, 0.3) is 11.1 Å². The number of carbonyl (C=O) groups is 1. The molecule has 4 N–H and O–H groups in total. The van der Waals surface area contributed by atoms with Crippen LogP contribution < -0.4 is 15.4 Å². The molecule has 6 aromatic rings. The number of ether oxygens (including phenoxy) is 3. The highest BCUT2D eigenvalue weighted by Crippen LogP contribution is 2.43. The van der Waals surface area contributed by atoms with E-state index in [1.165, 1.54) is 6.33 Å². The zero-order chi connectivity index (χ0) is 35.7. The predicted octanol–water partition coefficient (Wildman–Crippen LogP) is 8.66. The maximum atomic E-state index is 12.9. The first-order chi connectivity index (χ1) is 25.5. The molecule has 0 bridgehead atoms. The molecule has 0 saturated carbocycles. The van der Waals surface area contributed by atoms with Crippen LogP contribution in [0.5, 0.6) is 11.5 Å². The number of hydrogen-bond acceptors (Lipinski definition) is 8. The van der Waals surface area contributed by atoms with Gasteiger partial charge in [-0.1, -0.05) is 110 Å². The molecule has 264 valence electrons. The second-order valence-electron chi connectivity index (χ2n) is 12.4. The Balaban J connectivity index is 1.01. The molecule has 1 saturated heterocycles. The summed E-state index contributed by atoms with van der Waals surface area (Å²) in [5.74, 6) is 2.15. The molecule has 5 aromatic carbocycles. The van der Waals surface area contributed by atoms with E-state index < -0.39 is 6.29 Å². The van der Waals surface area contributed by atoms with Crippen molar-refractivity contribution in [1.29, 1.82) is 0 Å². The third kappa shape index (κ3) is 8.70. The highest BCUT2D eigenvalue weighted by atomic mass is 32.2. The summed E-state index contributed by atoms with van der Waals surface area (Å²) < 4.78 is 19.1. The number of amides is 2. The molecule has 1 fully saturated rings. The molecule has 11 heteroatoms. The molecule has 0 spiro atoms. The third-order valence-corrected chi connectivity index (χ3v) is 9.91. The Hall–Kier alpha value is -5.46. The SMILES string of the molecule is CC1C(CSc2ncn[nH]2)OC(c2ccc(-c3ccccc3CNC(=O)Nc3ccc(Oc4ccccc4)cc3)cc2)OC1c1ccc(CO)cc1. The van der Waals surface area contributed by atoms with Crippen molar-refractivity contribution in [2.24, 2.45) is 5.92 Å². The monoisotopic (exact) mass is 713 g/mol. The predicted molar refractivity (Wildman–Crippen MR) is 201 cm³/mol. The maximum absolute atomic E-state index is 12.9. The van der Waals surface area contributed by atoms with Crippen molar-refractivity contribution in [2.75, 3.05) is 11.1 Å². The molecule has 1 aliphatic heterocycles. The van der Waals surface area contributed by atoms with Crippen LogP contribution in [0.4, 0.5) is 10.5 Å². The van der Waals surface area contributed by atoms with E-state index in [9.17, 15) is 9.90 Å². The van der Waals surface area contributed by atoms with Gasteiger partial charge in [0.2, 0.25) is 0 Å². The summed E-state index contributed by atoms with van der Waals surface area (Å²) in [5, 5.41) is 23.1. The number of nitrogens with zero attached hydrogens (tertiary/aromatic N) is 2. The minimum absolute atomic E-state index is 0.0111. The number of aliphatic hydroxyl groups is 1. The molecule has 52 heavy (non-hydrogen) atoms. The quantitative estimate of drug-likeness (QED) is 0.0928. The van der Waals surface area contributed by atoms with E-state index in [1.807, 2.05) is 103 Å². The number of aromatic amines is 1. The van der Waals surface area contributed by atoms with Gasteiger partial charge in [-0.2, -0.15) is 5.10 Å². The average Bonchev–Trinajstić information content (AvgIpc) is 3.72. The Bertz CT molecular complexity index is 2030. The third-order valence-electron chi connectivity index (χ3n) is 8.94. The van der Waals surface area contributed by atoms with Gasteiger partial charge in [0.15, 0.2) is 11.4 Å². The molecule has 7 rings (SSSR count). The summed E-state index contributed by atoms with van der Waals surface area (Å²) in [7, 11) is 0. The van der Waals surface area contributed by atoms with Crippen molar-refractivity contribution >= 4 is 23.5 Å². The molecule has 4 atom stereocenters. The van der Waals surface area contributed by atoms with Gasteiger partial charge >= 0.3 is 6.03 Å². The van der Waals surface area contributed by atoms with E-state index in [0.717, 1.165) is 44.3 Å². The number of H-pyrrole nitrogens is 1. The van der Waals surface area contributed by atoms with Crippen LogP contribution in [0, 0.1) is 5.92 Å². The first kappa shape index (κ1) is 35.0. The highest BCUT2D eigenvalue weighted by molar-refractivity contribution is 7.99. The lowest BCUT2D eigenvalue weighted by Crippen LogP contribution is -2.38. The number of urea groups is 1. The lowest BCUT2D eigenvalue weighted by Gasteiger charge is -2.41. The van der Waals surface area contributed by atoms with Crippen LogP contribution in [-0.4, -0.2) is 38.2 Å². The number of para-hydroxylation sites is 1. The van der Waals surface area contributed by atoms with Gasteiger partial charge in [-0.15, -0.1) is 0 Å². The highest BCUT2D eigenvalue weighted by Gasteiger charge is 2.38. The lowest BCUT2D eigenvalue weighted by molar-refractivity contribution is -0.268. The van der Waals surface area contributed by atoms with E-state index in [0.29, 0.717) is 23.7 Å². The topological polar surface area (TPSA) is 131 Å². The number of anilines is 1. The minimum atomic E-state index is -0.590. The second kappa shape index (κ2) is 16.7. The van der Waals surface area contributed by atoms with Crippen LogP contribution in [-0.2, 0) is 22.6 Å². The number of nitrogens with one attached hydrogen (secondary N) is 3. The number of aromatic nitrogens is 3. The number of thioether (sulfide) groups is 1. The van der Waals surface area contributed by atoms with Gasteiger partial charge < -0.3 is 30.0 Å². The molecule has 0 aliphatic carbocycles. The zero-order valence-electron chi connectivity index (χ0n) is 28.5. The Kier molecular flexibility index (Phi) is 11.2. The standard InChI is InChI=1S/C41H39N5O5S/c1-27-37(25-52-41-43-26-44-46-41)50-39(51-38(27)30-13-11-28(24-47)12-14-30)31-17-15-29(16-18-31)36-10-6-5-7-32(36)23-42-40(48)45-33-19-21-35(22-20-33)49-34-8-3-2-4-9-34/h2-22,26-27,37-39,47H,23-25H2,1H3,(H2,42,45,48)(H,43,44,46). The maximum Gasteiger partial charge on any atom is 0.319 e. The van der Waals surface area contributed by atoms with Gasteiger partial charge in [-0.25, -0.2) is 9.78 Å². The van der Waals surface area contributed by atoms with Crippen molar-refractivity contribution in [3.63, 3.8) is 0 Å². The second-order valence-corrected chi connectivity index (χ2v) is 13.5. The number of carbonyl (C=O) groups excluding carboxylic acids is 1. The molecule has 2 amide bonds. The zero-order valence-corrected chi connectivity index (χ0v) is 29.3. The fourth-order valence-electron chi connectivity index (χ4n) is 6.09. The van der Waals surface area contributed by atoms with Gasteiger partial charge in [0, 0.05) is 29.5 Å². The summed E-state index contributed by atoms with van der Waals surface area (Å²) in [5.41, 5.74) is 6.44. The van der Waals surface area contributed by atoms with E-state index in [-0.39, 0.29) is 30.8 Å². The van der Waals surface area contributed by atoms with Gasteiger partial charge in [0.05, 0.1) is 18.8 Å². The molecule has 10 nitrogen and oxygen atoms in total. The van der Waals surface area contributed by atoms with Gasteiger partial charge in [0.25, 0.3) is 0 Å². The number of aliphatic hydroxyl groups excluding tert-OH is 1. The van der Waals surface area contributed by atoms with Crippen molar-refractivity contribution in [1.82, 2.24) is 20.5 Å². The lowest BCUT2D eigenvalue weighted by atomic mass is 9.91. The molecule has 4 unspecified atom stereocenters. The molecule has 1 aromatic heterocycles. The van der Waals surface area contributed by atoms with Crippen LogP contribution in [0.15, 0.2) is 139 Å². The molecular formula is C41H39N5O5S. The normalized spacial score (nSPS) is 18.4. The Morgan fingerprint density at radius 2 is 1.56 bits per heavy atom. The van der Waals surface area contributed by atoms with Crippen LogP contribution in [0.1, 0.15) is 41.6 Å². The Morgan fingerprint density at radius 1 is 0.846 bits per heavy atom. The smallest absolute Gasteiger partial charge is 0.319 e.